The van der Waals surface area contributed by atoms with Gasteiger partial charge in [0.15, 0.2) is 11.2 Å². The van der Waals surface area contributed by atoms with Crippen molar-refractivity contribution in [3.05, 3.63) is 47.5 Å². The first-order valence-corrected chi connectivity index (χ1v) is 10.6. The number of unbranched alkanes of at least 4 members (excludes halogenated alkanes) is 7. The second kappa shape index (κ2) is 10.4. The molecule has 0 fully saturated rings. The summed E-state index contributed by atoms with van der Waals surface area (Å²) in [6, 6.07) is 7.49. The van der Waals surface area contributed by atoms with Gasteiger partial charge in [0.1, 0.15) is 0 Å². The number of carbonyl (C=O) groups is 2. The van der Waals surface area contributed by atoms with Crippen molar-refractivity contribution in [3.8, 4) is 0 Å². The molecule has 1 aromatic rings. The molecule has 0 spiro atoms. The molecule has 2 rings (SSSR count). The molecule has 1 aromatic carbocycles. The van der Waals surface area contributed by atoms with E-state index in [0.29, 0.717) is 24.0 Å². The molecule has 0 amide bonds. The van der Waals surface area contributed by atoms with E-state index in [-0.39, 0.29) is 12.4 Å². The Hall–Kier alpha value is -1.90. The monoisotopic (exact) mass is 370 g/mol. The van der Waals surface area contributed by atoms with Crippen molar-refractivity contribution in [3.63, 3.8) is 0 Å². The molecule has 0 heterocycles. The van der Waals surface area contributed by atoms with Gasteiger partial charge in [-0.2, -0.15) is 0 Å². The number of ether oxygens (including phenoxy) is 1. The van der Waals surface area contributed by atoms with Crippen LogP contribution in [0.3, 0.4) is 0 Å². The molecule has 1 aliphatic rings. The average molecular weight is 371 g/mol. The largest absolute Gasteiger partial charge is 0.465 e. The van der Waals surface area contributed by atoms with Gasteiger partial charge in [-0.15, -0.1) is 0 Å². The summed E-state index contributed by atoms with van der Waals surface area (Å²) in [6.45, 7) is 8.46. The van der Waals surface area contributed by atoms with E-state index in [4.69, 9.17) is 4.74 Å². The summed E-state index contributed by atoms with van der Waals surface area (Å²) < 4.78 is 5.31. The number of rotatable bonds is 12. The van der Waals surface area contributed by atoms with Crippen molar-refractivity contribution >= 4 is 11.8 Å². The number of Topliss-reactive ketones (excluding diaryl/α,β-unsaturated/α-hetero) is 1. The minimum absolute atomic E-state index is 0.138. The van der Waals surface area contributed by atoms with Crippen molar-refractivity contribution < 1.29 is 14.3 Å². The van der Waals surface area contributed by atoms with Gasteiger partial charge < -0.3 is 4.74 Å². The quantitative estimate of drug-likeness (QED) is 0.194. The van der Waals surface area contributed by atoms with Crippen LogP contribution in [0, 0.1) is 5.41 Å². The van der Waals surface area contributed by atoms with Crippen molar-refractivity contribution in [1.82, 2.24) is 0 Å². The van der Waals surface area contributed by atoms with Crippen LogP contribution in [0.5, 0.6) is 0 Å². The van der Waals surface area contributed by atoms with E-state index in [1.165, 1.54) is 38.5 Å². The molecular formula is C24H34O3. The summed E-state index contributed by atoms with van der Waals surface area (Å²) >= 11 is 0. The zero-order chi connectivity index (χ0) is 19.7. The highest BCUT2D eigenvalue weighted by Gasteiger charge is 2.54. The molecule has 1 aliphatic carbocycles. The molecule has 0 aliphatic heterocycles. The molecule has 3 heteroatoms. The summed E-state index contributed by atoms with van der Waals surface area (Å²) in [7, 11) is 0. The van der Waals surface area contributed by atoms with E-state index in [1.54, 1.807) is 6.92 Å². The molecule has 0 aromatic heterocycles. The standard InChI is InChI=1S/C24H34O3/c1-4-6-7-8-9-10-11-12-15-19(3)24(23(26)27-5-2)18-20-16-13-14-17-21(20)22(24)25/h13-14,16-17H,3-12,15,18H2,1-2H3. The Kier molecular flexibility index (Phi) is 8.27. The fourth-order valence-electron chi connectivity index (χ4n) is 4.03. The van der Waals surface area contributed by atoms with Crippen LogP contribution in [0.4, 0.5) is 0 Å². The first-order chi connectivity index (χ1) is 13.1. The predicted octanol–water partition coefficient (Wildman–Crippen LogP) is 6.06. The highest BCUT2D eigenvalue weighted by Crippen LogP contribution is 2.44. The van der Waals surface area contributed by atoms with Gasteiger partial charge in [0.25, 0.3) is 0 Å². The minimum atomic E-state index is -1.22. The van der Waals surface area contributed by atoms with Crippen molar-refractivity contribution in [1.29, 1.82) is 0 Å². The van der Waals surface area contributed by atoms with E-state index < -0.39 is 11.4 Å². The topological polar surface area (TPSA) is 43.4 Å². The maximum absolute atomic E-state index is 13.2. The second-order valence-corrected chi connectivity index (χ2v) is 7.62. The van der Waals surface area contributed by atoms with Gasteiger partial charge in [0.2, 0.25) is 0 Å². The summed E-state index contributed by atoms with van der Waals surface area (Å²) in [5, 5.41) is 0. The third-order valence-corrected chi connectivity index (χ3v) is 5.66. The summed E-state index contributed by atoms with van der Waals surface area (Å²) in [4.78, 5) is 26.0. The van der Waals surface area contributed by atoms with E-state index in [0.717, 1.165) is 18.4 Å². The van der Waals surface area contributed by atoms with Crippen molar-refractivity contribution in [2.45, 2.75) is 78.1 Å². The Morgan fingerprint density at radius 3 is 2.30 bits per heavy atom. The fraction of sp³-hybridized carbons (Fsp3) is 0.583. The highest BCUT2D eigenvalue weighted by atomic mass is 16.5. The summed E-state index contributed by atoms with van der Waals surface area (Å²) in [6.07, 6.45) is 10.9. The molecule has 148 valence electrons. The molecule has 1 atom stereocenters. The van der Waals surface area contributed by atoms with E-state index in [1.807, 2.05) is 24.3 Å². The van der Waals surface area contributed by atoms with Crippen molar-refractivity contribution in [2.75, 3.05) is 6.61 Å². The van der Waals surface area contributed by atoms with Gasteiger partial charge in [0.05, 0.1) is 6.61 Å². The van der Waals surface area contributed by atoms with Crippen LogP contribution >= 0.6 is 0 Å². The van der Waals surface area contributed by atoms with Crippen LogP contribution in [-0.2, 0) is 16.0 Å². The normalized spacial score (nSPS) is 18.4. The number of ketones is 1. The number of esters is 1. The Labute approximate surface area is 164 Å². The van der Waals surface area contributed by atoms with Crippen molar-refractivity contribution in [2.24, 2.45) is 5.41 Å². The molecule has 0 saturated heterocycles. The predicted molar refractivity (Wildman–Crippen MR) is 110 cm³/mol. The summed E-state index contributed by atoms with van der Waals surface area (Å²) in [5.41, 5.74) is 1.06. The van der Waals surface area contributed by atoms with Crippen LogP contribution in [0.15, 0.2) is 36.4 Å². The van der Waals surface area contributed by atoms with Gasteiger partial charge >= 0.3 is 5.97 Å². The lowest BCUT2D eigenvalue weighted by Gasteiger charge is -2.27. The maximum atomic E-state index is 13.2. The lowest BCUT2D eigenvalue weighted by atomic mass is 9.75. The van der Waals surface area contributed by atoms with Gasteiger partial charge in [-0.1, -0.05) is 88.3 Å². The number of fused-ring (bicyclic) bond motifs is 1. The third-order valence-electron chi connectivity index (χ3n) is 5.66. The van der Waals surface area contributed by atoms with Crippen LogP contribution in [0.1, 0.15) is 87.6 Å². The molecular weight excluding hydrogens is 336 g/mol. The van der Waals surface area contributed by atoms with E-state index >= 15 is 0 Å². The fourth-order valence-corrected chi connectivity index (χ4v) is 4.03. The molecule has 0 N–H and O–H groups in total. The first kappa shape index (κ1) is 21.4. The average Bonchev–Trinajstić information content (AvgIpc) is 2.98. The molecule has 1 unspecified atom stereocenters. The Morgan fingerprint density at radius 2 is 1.67 bits per heavy atom. The number of hydrogen-bond donors (Lipinski definition) is 0. The molecule has 0 radical (unpaired) electrons. The van der Waals surface area contributed by atoms with Gasteiger partial charge in [-0.25, -0.2) is 0 Å². The summed E-state index contributed by atoms with van der Waals surface area (Å²) in [5.74, 6) is -0.572. The number of benzene rings is 1. The molecule has 27 heavy (non-hydrogen) atoms. The third kappa shape index (κ3) is 4.88. The van der Waals surface area contributed by atoms with Gasteiger partial charge in [0, 0.05) is 12.0 Å². The Bertz CT molecular complexity index is 661. The molecule has 3 nitrogen and oxygen atoms in total. The number of hydrogen-bond acceptors (Lipinski definition) is 3. The van der Waals surface area contributed by atoms with Crippen LogP contribution in [0.25, 0.3) is 0 Å². The SMILES string of the molecule is C=C(CCCCCCCCCC)C1(C(=O)OCC)Cc2ccccc2C1=O. The lowest BCUT2D eigenvalue weighted by Crippen LogP contribution is -2.40. The van der Waals surface area contributed by atoms with Crippen LogP contribution < -0.4 is 0 Å². The Balaban J connectivity index is 1.97. The van der Waals surface area contributed by atoms with Gasteiger partial charge in [-0.05, 0) is 25.3 Å². The highest BCUT2D eigenvalue weighted by molar-refractivity contribution is 6.18. The molecule has 0 bridgehead atoms. The maximum Gasteiger partial charge on any atom is 0.324 e. The van der Waals surface area contributed by atoms with Gasteiger partial charge in [-0.3, -0.25) is 9.59 Å². The lowest BCUT2D eigenvalue weighted by molar-refractivity contribution is -0.150. The smallest absolute Gasteiger partial charge is 0.324 e. The van der Waals surface area contributed by atoms with E-state index in [9.17, 15) is 9.59 Å². The first-order valence-electron chi connectivity index (χ1n) is 10.6. The van der Waals surface area contributed by atoms with Crippen LogP contribution in [-0.4, -0.2) is 18.4 Å². The molecule has 0 saturated carbocycles. The van der Waals surface area contributed by atoms with Crippen LogP contribution in [0.2, 0.25) is 0 Å². The zero-order valence-corrected chi connectivity index (χ0v) is 17.0. The Morgan fingerprint density at radius 1 is 1.04 bits per heavy atom. The van der Waals surface area contributed by atoms with E-state index in [2.05, 4.69) is 13.5 Å². The number of carbonyl (C=O) groups excluding carboxylic acids is 2. The zero-order valence-electron chi connectivity index (χ0n) is 17.0. The second-order valence-electron chi connectivity index (χ2n) is 7.62. The minimum Gasteiger partial charge on any atom is -0.465 e.